The highest BCUT2D eigenvalue weighted by Crippen LogP contribution is 2.32. The van der Waals surface area contributed by atoms with Crippen LogP contribution in [-0.4, -0.2) is 48.4 Å². The van der Waals surface area contributed by atoms with Gasteiger partial charge in [0.2, 0.25) is 0 Å². The van der Waals surface area contributed by atoms with Gasteiger partial charge in [-0.25, -0.2) is 18.2 Å². The number of sulfonamides is 1. The highest BCUT2D eigenvalue weighted by Gasteiger charge is 2.28. The van der Waals surface area contributed by atoms with Crippen LogP contribution in [0.15, 0.2) is 76.7 Å². The summed E-state index contributed by atoms with van der Waals surface area (Å²) in [5.41, 5.74) is 3.01. The van der Waals surface area contributed by atoms with E-state index in [2.05, 4.69) is 10.5 Å². The van der Waals surface area contributed by atoms with E-state index in [-0.39, 0.29) is 16.3 Å². The molecule has 184 valence electrons. The molecule has 0 fully saturated rings. The molecule has 0 aliphatic rings. The van der Waals surface area contributed by atoms with Gasteiger partial charge < -0.3 is 14.2 Å². The van der Waals surface area contributed by atoms with Crippen molar-refractivity contribution >= 4 is 27.8 Å². The molecule has 1 amide bonds. The number of benzene rings is 3. The Morgan fingerprint density at radius 1 is 0.943 bits per heavy atom. The Labute approximate surface area is 202 Å². The Hall–Kier alpha value is -4.12. The molecule has 0 aliphatic carbocycles. The van der Waals surface area contributed by atoms with Crippen molar-refractivity contribution < 1.29 is 31.8 Å². The first-order valence-electron chi connectivity index (χ1n) is 10.3. The van der Waals surface area contributed by atoms with Crippen molar-refractivity contribution in [2.75, 3.05) is 32.2 Å². The van der Waals surface area contributed by atoms with Crippen molar-refractivity contribution in [2.45, 2.75) is 4.90 Å². The van der Waals surface area contributed by atoms with Gasteiger partial charge in [0.15, 0.2) is 11.5 Å². The molecule has 0 aliphatic heterocycles. The van der Waals surface area contributed by atoms with E-state index >= 15 is 0 Å². The first-order chi connectivity index (χ1) is 16.8. The second kappa shape index (κ2) is 11.3. The van der Waals surface area contributed by atoms with Crippen molar-refractivity contribution in [3.05, 3.63) is 78.1 Å². The minimum atomic E-state index is -4.26. The first-order valence-corrected chi connectivity index (χ1v) is 11.7. The third kappa shape index (κ3) is 6.07. The number of carbonyl (C=O) groups is 1. The average molecular weight is 502 g/mol. The molecule has 0 bridgehead atoms. The average Bonchev–Trinajstić information content (AvgIpc) is 2.87. The van der Waals surface area contributed by atoms with Crippen LogP contribution >= 0.6 is 0 Å². The molecule has 0 saturated heterocycles. The number of nitrogens with one attached hydrogen (secondary N) is 1. The predicted octanol–water partition coefficient (Wildman–Crippen LogP) is 3.20. The van der Waals surface area contributed by atoms with Gasteiger partial charge in [-0.2, -0.15) is 5.10 Å². The molecule has 0 aromatic heterocycles. The third-order valence-corrected chi connectivity index (χ3v) is 6.65. The Kier molecular flexibility index (Phi) is 8.26. The molecule has 0 spiro atoms. The molecule has 1 N–H and O–H groups in total. The van der Waals surface area contributed by atoms with Crippen LogP contribution in [-0.2, 0) is 14.8 Å². The van der Waals surface area contributed by atoms with Crippen molar-refractivity contribution in [3.63, 3.8) is 0 Å². The van der Waals surface area contributed by atoms with Gasteiger partial charge in [-0.05, 0) is 48.5 Å². The van der Waals surface area contributed by atoms with Crippen LogP contribution in [0.5, 0.6) is 17.2 Å². The van der Waals surface area contributed by atoms with Crippen LogP contribution in [0.4, 0.5) is 10.1 Å². The summed E-state index contributed by atoms with van der Waals surface area (Å²) in [5.74, 6) is -0.191. The zero-order valence-electron chi connectivity index (χ0n) is 19.3. The lowest BCUT2D eigenvalue weighted by molar-refractivity contribution is -0.119. The maximum atomic E-state index is 13.5. The highest BCUT2D eigenvalue weighted by molar-refractivity contribution is 7.92. The lowest BCUT2D eigenvalue weighted by Gasteiger charge is -2.24. The largest absolute Gasteiger partial charge is 0.496 e. The van der Waals surface area contributed by atoms with Gasteiger partial charge >= 0.3 is 0 Å². The Balaban J connectivity index is 1.89. The summed E-state index contributed by atoms with van der Waals surface area (Å²) in [6.07, 6.45) is 1.38. The summed E-state index contributed by atoms with van der Waals surface area (Å²) in [6, 6.07) is 15.8. The molecule has 11 heteroatoms. The lowest BCUT2D eigenvalue weighted by Crippen LogP contribution is -2.39. The van der Waals surface area contributed by atoms with Gasteiger partial charge in [0.05, 0.1) is 38.1 Å². The standard InChI is InChI=1S/C24H24FN3O6S/c1-32-21-7-5-4-6-17(21)15-26-27-24(29)16-28(19-10-8-18(25)9-11-19)35(30,31)20-12-13-22(33-2)23(14-20)34-3/h4-15H,16H2,1-3H3,(H,27,29)/b26-15-. The summed E-state index contributed by atoms with van der Waals surface area (Å²) in [6.45, 7) is -0.619. The Bertz CT molecular complexity index is 1310. The zero-order chi connectivity index (χ0) is 25.4. The number of para-hydroxylation sites is 1. The summed E-state index contributed by atoms with van der Waals surface area (Å²) in [4.78, 5) is 12.5. The van der Waals surface area contributed by atoms with E-state index in [1.165, 1.54) is 57.9 Å². The number of hydrogen-bond donors (Lipinski definition) is 1. The SMILES string of the molecule is COc1ccccc1/C=N\NC(=O)CN(c1ccc(F)cc1)S(=O)(=O)c1ccc(OC)c(OC)c1. The minimum Gasteiger partial charge on any atom is -0.496 e. The van der Waals surface area contributed by atoms with Gasteiger partial charge in [-0.15, -0.1) is 0 Å². The quantitative estimate of drug-likeness (QED) is 0.338. The molecule has 3 rings (SSSR count). The number of ether oxygens (including phenoxy) is 3. The predicted molar refractivity (Wildman–Crippen MR) is 129 cm³/mol. The van der Waals surface area contributed by atoms with Gasteiger partial charge in [-0.3, -0.25) is 9.10 Å². The number of carbonyl (C=O) groups excluding carboxylic acids is 1. The molecule has 3 aromatic carbocycles. The zero-order valence-corrected chi connectivity index (χ0v) is 20.1. The molecule has 3 aromatic rings. The van der Waals surface area contributed by atoms with Gasteiger partial charge in [0.1, 0.15) is 18.1 Å². The molecular weight excluding hydrogens is 477 g/mol. The van der Waals surface area contributed by atoms with E-state index < -0.39 is 28.3 Å². The van der Waals surface area contributed by atoms with E-state index in [0.717, 1.165) is 16.4 Å². The van der Waals surface area contributed by atoms with Crippen LogP contribution in [0.3, 0.4) is 0 Å². The van der Waals surface area contributed by atoms with E-state index in [9.17, 15) is 17.6 Å². The highest BCUT2D eigenvalue weighted by atomic mass is 32.2. The maximum Gasteiger partial charge on any atom is 0.264 e. The number of hydrogen-bond acceptors (Lipinski definition) is 7. The van der Waals surface area contributed by atoms with Gasteiger partial charge in [0.25, 0.3) is 15.9 Å². The fourth-order valence-electron chi connectivity index (χ4n) is 3.14. The number of hydrazone groups is 1. The van der Waals surface area contributed by atoms with Crippen molar-refractivity contribution in [2.24, 2.45) is 5.10 Å². The molecule has 0 atom stereocenters. The fourth-order valence-corrected chi connectivity index (χ4v) is 4.58. The normalized spacial score (nSPS) is 11.2. The van der Waals surface area contributed by atoms with E-state index in [1.54, 1.807) is 24.3 Å². The summed E-state index contributed by atoms with van der Waals surface area (Å²) >= 11 is 0. The number of halogens is 1. The smallest absolute Gasteiger partial charge is 0.264 e. The molecular formula is C24H24FN3O6S. The molecule has 0 heterocycles. The number of nitrogens with zero attached hydrogens (tertiary/aromatic N) is 2. The minimum absolute atomic E-state index is 0.0880. The van der Waals surface area contributed by atoms with Crippen molar-refractivity contribution in [3.8, 4) is 17.2 Å². The Morgan fingerprint density at radius 3 is 2.26 bits per heavy atom. The summed E-state index contributed by atoms with van der Waals surface area (Å²) in [5, 5.41) is 3.89. The van der Waals surface area contributed by atoms with Gasteiger partial charge in [0, 0.05) is 11.6 Å². The van der Waals surface area contributed by atoms with E-state index in [4.69, 9.17) is 14.2 Å². The monoisotopic (exact) mass is 501 g/mol. The van der Waals surface area contributed by atoms with Crippen LogP contribution in [0.25, 0.3) is 0 Å². The van der Waals surface area contributed by atoms with Crippen LogP contribution < -0.4 is 23.9 Å². The van der Waals surface area contributed by atoms with Crippen LogP contribution in [0.2, 0.25) is 0 Å². The molecule has 0 radical (unpaired) electrons. The fraction of sp³-hybridized carbons (Fsp3) is 0.167. The summed E-state index contributed by atoms with van der Waals surface area (Å²) in [7, 11) is 0.0375. The Morgan fingerprint density at radius 2 is 1.60 bits per heavy atom. The second-order valence-electron chi connectivity index (χ2n) is 7.04. The van der Waals surface area contributed by atoms with E-state index in [1.807, 2.05) is 0 Å². The second-order valence-corrected chi connectivity index (χ2v) is 8.90. The first kappa shape index (κ1) is 25.5. The molecule has 9 nitrogen and oxygen atoms in total. The topological polar surface area (TPSA) is 107 Å². The number of rotatable bonds is 10. The number of anilines is 1. The lowest BCUT2D eigenvalue weighted by atomic mass is 10.2. The third-order valence-electron chi connectivity index (χ3n) is 4.88. The van der Waals surface area contributed by atoms with Crippen LogP contribution in [0.1, 0.15) is 5.56 Å². The number of methoxy groups -OCH3 is 3. The van der Waals surface area contributed by atoms with Gasteiger partial charge in [-0.1, -0.05) is 12.1 Å². The van der Waals surface area contributed by atoms with E-state index in [0.29, 0.717) is 17.1 Å². The van der Waals surface area contributed by atoms with Crippen molar-refractivity contribution in [1.82, 2.24) is 5.43 Å². The maximum absolute atomic E-state index is 13.5. The number of amides is 1. The molecule has 0 saturated carbocycles. The van der Waals surface area contributed by atoms with Crippen molar-refractivity contribution in [1.29, 1.82) is 0 Å². The van der Waals surface area contributed by atoms with Crippen LogP contribution in [0, 0.1) is 5.82 Å². The summed E-state index contributed by atoms with van der Waals surface area (Å²) < 4.78 is 56.9. The molecule has 35 heavy (non-hydrogen) atoms. The molecule has 0 unspecified atom stereocenters.